The maximum absolute atomic E-state index is 13.4. The molecule has 7 nitrogen and oxygen atoms in total. The van der Waals surface area contributed by atoms with E-state index in [1.54, 1.807) is 12.1 Å². The van der Waals surface area contributed by atoms with Crippen molar-refractivity contribution in [2.75, 3.05) is 44.9 Å². The van der Waals surface area contributed by atoms with E-state index in [9.17, 15) is 9.18 Å². The molecule has 1 saturated carbocycles. The van der Waals surface area contributed by atoms with Crippen molar-refractivity contribution in [1.29, 1.82) is 0 Å². The highest BCUT2D eigenvalue weighted by molar-refractivity contribution is 5.79. The zero-order valence-electron chi connectivity index (χ0n) is 15.9. The van der Waals surface area contributed by atoms with Crippen molar-refractivity contribution in [1.82, 2.24) is 10.1 Å². The van der Waals surface area contributed by atoms with Crippen LogP contribution in [0.2, 0.25) is 0 Å². The summed E-state index contributed by atoms with van der Waals surface area (Å²) in [6.45, 7) is 3.04. The number of nitrogens with zero attached hydrogens (tertiary/aromatic N) is 3. The third-order valence-corrected chi connectivity index (χ3v) is 5.09. The first-order valence-electron chi connectivity index (χ1n) is 9.53. The molecule has 2 heterocycles. The second kappa shape index (κ2) is 8.28. The topological polar surface area (TPSA) is 68.0 Å². The highest BCUT2D eigenvalue weighted by Crippen LogP contribution is 2.36. The van der Waals surface area contributed by atoms with Crippen LogP contribution in [0.5, 0.6) is 0 Å². The van der Waals surface area contributed by atoms with E-state index in [0.29, 0.717) is 44.4 Å². The fraction of sp³-hybridized carbons (Fsp3) is 0.500. The van der Waals surface area contributed by atoms with Crippen molar-refractivity contribution in [3.05, 3.63) is 35.6 Å². The van der Waals surface area contributed by atoms with Gasteiger partial charge in [0.05, 0.1) is 25.3 Å². The van der Waals surface area contributed by atoms with E-state index < -0.39 is 0 Å². The number of morpholine rings is 1. The van der Waals surface area contributed by atoms with Gasteiger partial charge >= 0.3 is 0 Å². The van der Waals surface area contributed by atoms with Gasteiger partial charge in [-0.1, -0.05) is 5.16 Å². The maximum atomic E-state index is 13.4. The van der Waals surface area contributed by atoms with Crippen LogP contribution in [0.25, 0.3) is 11.3 Å². The summed E-state index contributed by atoms with van der Waals surface area (Å²) in [4.78, 5) is 16.5. The number of rotatable bonds is 7. The van der Waals surface area contributed by atoms with Crippen LogP contribution >= 0.6 is 0 Å². The average Bonchev–Trinajstić information content (AvgIpc) is 3.47. The first kappa shape index (κ1) is 18.9. The zero-order chi connectivity index (χ0) is 19.5. The molecule has 2 aliphatic rings. The van der Waals surface area contributed by atoms with Crippen molar-refractivity contribution in [3.63, 3.8) is 0 Å². The lowest BCUT2D eigenvalue weighted by molar-refractivity contribution is -0.136. The van der Waals surface area contributed by atoms with Crippen molar-refractivity contribution in [2.45, 2.75) is 25.4 Å². The molecule has 150 valence electrons. The first-order valence-corrected chi connectivity index (χ1v) is 9.53. The Morgan fingerprint density at radius 3 is 2.64 bits per heavy atom. The Balaban J connectivity index is 1.69. The van der Waals surface area contributed by atoms with Crippen LogP contribution in [-0.2, 0) is 20.8 Å². The Morgan fingerprint density at radius 1 is 1.29 bits per heavy atom. The number of aromatic nitrogens is 1. The molecule has 1 aromatic heterocycles. The van der Waals surface area contributed by atoms with E-state index in [0.717, 1.165) is 24.0 Å². The molecule has 1 aliphatic heterocycles. The summed E-state index contributed by atoms with van der Waals surface area (Å²) >= 11 is 0. The number of ether oxygens (including phenoxy) is 2. The van der Waals surface area contributed by atoms with E-state index >= 15 is 0 Å². The minimum atomic E-state index is -0.308. The third kappa shape index (κ3) is 4.02. The number of hydrogen-bond acceptors (Lipinski definition) is 6. The number of carbonyl (C=O) groups excluding carboxylic acids is 1. The zero-order valence-corrected chi connectivity index (χ0v) is 15.9. The largest absolute Gasteiger partial charge is 0.378 e. The number of methoxy groups -OCH3 is 1. The minimum Gasteiger partial charge on any atom is -0.378 e. The number of amides is 1. The second-order valence-corrected chi connectivity index (χ2v) is 7.11. The van der Waals surface area contributed by atoms with Gasteiger partial charge in [-0.15, -0.1) is 0 Å². The molecule has 8 heteroatoms. The predicted molar refractivity (Wildman–Crippen MR) is 100 cm³/mol. The summed E-state index contributed by atoms with van der Waals surface area (Å²) < 4.78 is 29.6. The minimum absolute atomic E-state index is 0.0422. The Kier molecular flexibility index (Phi) is 5.59. The Hall–Kier alpha value is -2.45. The van der Waals surface area contributed by atoms with Crippen molar-refractivity contribution in [3.8, 4) is 11.3 Å². The lowest BCUT2D eigenvalue weighted by Crippen LogP contribution is -2.38. The Morgan fingerprint density at radius 2 is 2.00 bits per heavy atom. The average molecular weight is 389 g/mol. The van der Waals surface area contributed by atoms with Gasteiger partial charge in [-0.2, -0.15) is 0 Å². The molecule has 28 heavy (non-hydrogen) atoms. The molecule has 1 saturated heterocycles. The molecule has 0 radical (unpaired) electrons. The standard InChI is InChI=1S/C20H24FN3O4/c1-26-13-18(25)24(16-6-7-16)12-17-19(14-2-4-15(21)5-3-14)22-28-20(17)23-8-10-27-11-9-23/h2-5,16H,6-13H2,1H3. The van der Waals surface area contributed by atoms with Crippen molar-refractivity contribution < 1.29 is 23.2 Å². The summed E-state index contributed by atoms with van der Waals surface area (Å²) in [5.74, 6) is 0.291. The number of carbonyl (C=O) groups is 1. The normalized spacial score (nSPS) is 17.0. The van der Waals surface area contributed by atoms with Crippen LogP contribution in [-0.4, -0.2) is 62.0 Å². The molecule has 2 fully saturated rings. The molecule has 0 spiro atoms. The fourth-order valence-electron chi connectivity index (χ4n) is 3.48. The summed E-state index contributed by atoms with van der Waals surface area (Å²) in [5.41, 5.74) is 2.23. The highest BCUT2D eigenvalue weighted by atomic mass is 19.1. The first-order chi connectivity index (χ1) is 13.7. The molecule has 4 rings (SSSR count). The Labute approximate surface area is 163 Å². The summed E-state index contributed by atoms with van der Waals surface area (Å²) in [6.07, 6.45) is 1.97. The van der Waals surface area contributed by atoms with Gasteiger partial charge in [-0.05, 0) is 37.1 Å². The van der Waals surface area contributed by atoms with E-state index in [2.05, 4.69) is 10.1 Å². The molecule has 0 N–H and O–H groups in total. The molecular formula is C20H24FN3O4. The lowest BCUT2D eigenvalue weighted by atomic mass is 10.1. The molecule has 1 amide bonds. The monoisotopic (exact) mass is 389 g/mol. The SMILES string of the molecule is COCC(=O)N(Cc1c(-c2ccc(F)cc2)noc1N1CCOCC1)C1CC1. The van der Waals surface area contributed by atoms with Crippen LogP contribution in [0.15, 0.2) is 28.8 Å². The summed E-state index contributed by atoms with van der Waals surface area (Å²) in [5, 5.41) is 4.28. The van der Waals surface area contributed by atoms with E-state index in [1.807, 2.05) is 4.90 Å². The van der Waals surface area contributed by atoms with E-state index in [-0.39, 0.29) is 24.4 Å². The van der Waals surface area contributed by atoms with Gasteiger partial charge in [0, 0.05) is 31.8 Å². The molecule has 1 aromatic carbocycles. The highest BCUT2D eigenvalue weighted by Gasteiger charge is 2.35. The second-order valence-electron chi connectivity index (χ2n) is 7.11. The molecule has 2 aromatic rings. The number of benzene rings is 1. The van der Waals surface area contributed by atoms with E-state index in [4.69, 9.17) is 14.0 Å². The maximum Gasteiger partial charge on any atom is 0.249 e. The predicted octanol–water partition coefficient (Wildman–Crippen LogP) is 2.45. The Bertz CT molecular complexity index is 813. The van der Waals surface area contributed by atoms with Gasteiger partial charge < -0.3 is 23.8 Å². The molecule has 0 bridgehead atoms. The summed E-state index contributed by atoms with van der Waals surface area (Å²) in [7, 11) is 1.52. The van der Waals surface area contributed by atoms with E-state index in [1.165, 1.54) is 19.2 Å². The smallest absolute Gasteiger partial charge is 0.249 e. The van der Waals surface area contributed by atoms with Crippen molar-refractivity contribution in [2.24, 2.45) is 0 Å². The van der Waals surface area contributed by atoms with Crippen LogP contribution < -0.4 is 4.90 Å². The lowest BCUT2D eigenvalue weighted by Gasteiger charge is -2.28. The van der Waals surface area contributed by atoms with Gasteiger partial charge in [-0.25, -0.2) is 4.39 Å². The van der Waals surface area contributed by atoms with Crippen LogP contribution in [0.3, 0.4) is 0 Å². The summed E-state index contributed by atoms with van der Waals surface area (Å²) in [6, 6.07) is 6.38. The van der Waals surface area contributed by atoms with Gasteiger partial charge in [0.1, 0.15) is 18.1 Å². The third-order valence-electron chi connectivity index (χ3n) is 5.09. The number of halogens is 1. The van der Waals surface area contributed by atoms with Crippen molar-refractivity contribution >= 4 is 11.8 Å². The molecule has 0 atom stereocenters. The molecule has 1 aliphatic carbocycles. The van der Waals surface area contributed by atoms with Crippen LogP contribution in [0.1, 0.15) is 18.4 Å². The molecule has 0 unspecified atom stereocenters. The quantitative estimate of drug-likeness (QED) is 0.725. The number of hydrogen-bond donors (Lipinski definition) is 0. The van der Waals surface area contributed by atoms with Crippen LogP contribution in [0.4, 0.5) is 10.3 Å². The van der Waals surface area contributed by atoms with Gasteiger partial charge in [0.2, 0.25) is 11.8 Å². The van der Waals surface area contributed by atoms with Crippen LogP contribution in [0, 0.1) is 5.82 Å². The molecular weight excluding hydrogens is 365 g/mol. The number of anilines is 1. The van der Waals surface area contributed by atoms with Gasteiger partial charge in [0.25, 0.3) is 0 Å². The van der Waals surface area contributed by atoms with Gasteiger partial charge in [-0.3, -0.25) is 4.79 Å². The fourth-order valence-corrected chi connectivity index (χ4v) is 3.48. The van der Waals surface area contributed by atoms with Gasteiger partial charge in [0.15, 0.2) is 0 Å².